The number of carboxylic acids is 2. The van der Waals surface area contributed by atoms with Gasteiger partial charge in [-0.2, -0.15) is 0 Å². The zero-order chi connectivity index (χ0) is 27.3. The summed E-state index contributed by atoms with van der Waals surface area (Å²) in [6.07, 6.45) is 0.688. The molecule has 0 saturated heterocycles. The van der Waals surface area contributed by atoms with Gasteiger partial charge in [0.15, 0.2) is 0 Å². The van der Waals surface area contributed by atoms with Crippen LogP contribution in [0.15, 0.2) is 30.3 Å². The van der Waals surface area contributed by atoms with Crippen molar-refractivity contribution in [3.05, 3.63) is 35.9 Å². The van der Waals surface area contributed by atoms with Gasteiger partial charge in [0.2, 0.25) is 17.7 Å². The summed E-state index contributed by atoms with van der Waals surface area (Å²) in [5.74, 6) is -5.07. The number of aliphatic carboxylic acids is 2. The number of hydrogen-bond acceptors (Lipinski definition) is 7. The van der Waals surface area contributed by atoms with Gasteiger partial charge in [-0.05, 0) is 37.3 Å². The fraction of sp³-hybridized carbons (Fsp3) is 0.542. The molecule has 12 heteroatoms. The van der Waals surface area contributed by atoms with Crippen LogP contribution in [0, 0.1) is 5.92 Å². The summed E-state index contributed by atoms with van der Waals surface area (Å²) >= 11 is 0. The monoisotopic (exact) mass is 507 g/mol. The largest absolute Gasteiger partial charge is 0.481 e. The van der Waals surface area contributed by atoms with Gasteiger partial charge in [-0.3, -0.25) is 19.2 Å². The topological polar surface area (TPSA) is 214 Å². The quantitative estimate of drug-likeness (QED) is 0.141. The zero-order valence-corrected chi connectivity index (χ0v) is 20.6. The first-order valence-electron chi connectivity index (χ1n) is 11.8. The molecule has 9 N–H and O–H groups in total. The van der Waals surface area contributed by atoms with E-state index in [0.717, 1.165) is 5.56 Å². The Bertz CT molecular complexity index is 894. The Balaban J connectivity index is 3.11. The van der Waals surface area contributed by atoms with Crippen molar-refractivity contribution in [2.75, 3.05) is 6.54 Å². The van der Waals surface area contributed by atoms with Gasteiger partial charge in [-0.25, -0.2) is 4.79 Å². The maximum atomic E-state index is 13.2. The first kappa shape index (κ1) is 30.5. The Morgan fingerprint density at radius 2 is 1.44 bits per heavy atom. The van der Waals surface area contributed by atoms with E-state index in [1.54, 1.807) is 44.2 Å². The number of nitrogens with one attached hydrogen (secondary N) is 3. The number of carboxylic acid groups (broad SMARTS) is 2. The Morgan fingerprint density at radius 1 is 0.861 bits per heavy atom. The molecule has 36 heavy (non-hydrogen) atoms. The standard InChI is InChI=1S/C24H37N5O7/c1-14(2)20(24(35)36)29-23(34)18(12-15-8-4-3-5-9-15)28-22(33)17(10-6-7-11-25)27-21(32)16(26)13-19(30)31/h3-5,8-9,14,16-18,20H,6-7,10-13,25-26H2,1-2H3,(H,27,32)(H,28,33)(H,29,34)(H,30,31)(H,35,36). The average molecular weight is 508 g/mol. The van der Waals surface area contributed by atoms with Crippen molar-refractivity contribution in [2.45, 2.75) is 70.1 Å². The van der Waals surface area contributed by atoms with Crippen molar-refractivity contribution in [1.82, 2.24) is 16.0 Å². The van der Waals surface area contributed by atoms with Gasteiger partial charge in [-0.15, -0.1) is 0 Å². The van der Waals surface area contributed by atoms with Crippen molar-refractivity contribution in [2.24, 2.45) is 17.4 Å². The molecule has 0 bridgehead atoms. The minimum atomic E-state index is -1.36. The summed E-state index contributed by atoms with van der Waals surface area (Å²) in [4.78, 5) is 61.1. The summed E-state index contributed by atoms with van der Waals surface area (Å²) in [5, 5.41) is 25.9. The second-order valence-corrected chi connectivity index (χ2v) is 8.87. The van der Waals surface area contributed by atoms with Crippen molar-refractivity contribution in [3.8, 4) is 0 Å². The molecule has 12 nitrogen and oxygen atoms in total. The number of nitrogens with two attached hydrogens (primary N) is 2. The molecule has 0 fully saturated rings. The van der Waals surface area contributed by atoms with E-state index in [4.69, 9.17) is 16.6 Å². The van der Waals surface area contributed by atoms with E-state index in [1.807, 2.05) is 0 Å². The molecule has 0 aliphatic rings. The fourth-order valence-electron chi connectivity index (χ4n) is 3.42. The normalized spacial score (nSPS) is 14.2. The highest BCUT2D eigenvalue weighted by Crippen LogP contribution is 2.09. The highest BCUT2D eigenvalue weighted by atomic mass is 16.4. The first-order chi connectivity index (χ1) is 17.0. The van der Waals surface area contributed by atoms with Gasteiger partial charge in [-0.1, -0.05) is 44.2 Å². The molecule has 1 aromatic rings. The maximum absolute atomic E-state index is 13.2. The second-order valence-electron chi connectivity index (χ2n) is 8.87. The summed E-state index contributed by atoms with van der Waals surface area (Å²) in [5.41, 5.74) is 11.9. The third kappa shape index (κ3) is 10.8. The zero-order valence-electron chi connectivity index (χ0n) is 20.6. The molecule has 200 valence electrons. The SMILES string of the molecule is CC(C)C(NC(=O)C(Cc1ccccc1)NC(=O)C(CCCCN)NC(=O)C(N)CC(=O)O)C(=O)O. The molecule has 3 amide bonds. The average Bonchev–Trinajstić information content (AvgIpc) is 2.81. The van der Waals surface area contributed by atoms with E-state index in [0.29, 0.717) is 19.4 Å². The van der Waals surface area contributed by atoms with Crippen LogP contribution in [0.5, 0.6) is 0 Å². The Hall–Kier alpha value is -3.51. The second kappa shape index (κ2) is 15.5. The smallest absolute Gasteiger partial charge is 0.326 e. The summed E-state index contributed by atoms with van der Waals surface area (Å²) in [6, 6.07) is 4.07. The van der Waals surface area contributed by atoms with E-state index >= 15 is 0 Å². The molecular weight excluding hydrogens is 470 g/mol. The van der Waals surface area contributed by atoms with Crippen LogP contribution >= 0.6 is 0 Å². The lowest BCUT2D eigenvalue weighted by Gasteiger charge is -2.26. The third-order valence-corrected chi connectivity index (χ3v) is 5.46. The number of unbranched alkanes of at least 4 members (excludes halogenated alkanes) is 1. The summed E-state index contributed by atoms with van der Waals surface area (Å²) in [7, 11) is 0. The lowest BCUT2D eigenvalue weighted by Crippen LogP contribution is -2.58. The molecule has 0 spiro atoms. The molecule has 1 rings (SSSR count). The van der Waals surface area contributed by atoms with Crippen molar-refractivity contribution >= 4 is 29.7 Å². The third-order valence-electron chi connectivity index (χ3n) is 5.46. The predicted octanol–water partition coefficient (Wildman–Crippen LogP) is -0.645. The van der Waals surface area contributed by atoms with Crippen LogP contribution in [0.25, 0.3) is 0 Å². The highest BCUT2D eigenvalue weighted by Gasteiger charge is 2.31. The number of carbonyl (C=O) groups excluding carboxylic acids is 3. The molecule has 4 atom stereocenters. The molecule has 1 aromatic carbocycles. The van der Waals surface area contributed by atoms with Crippen LogP contribution in [0.1, 0.15) is 45.1 Å². The maximum Gasteiger partial charge on any atom is 0.326 e. The Labute approximate surface area is 210 Å². The predicted molar refractivity (Wildman–Crippen MR) is 132 cm³/mol. The number of rotatable bonds is 16. The molecule has 0 aliphatic heterocycles. The van der Waals surface area contributed by atoms with Gasteiger partial charge >= 0.3 is 11.9 Å². The van der Waals surface area contributed by atoms with Gasteiger partial charge in [0.25, 0.3) is 0 Å². The van der Waals surface area contributed by atoms with E-state index in [9.17, 15) is 29.1 Å². The van der Waals surface area contributed by atoms with Crippen molar-refractivity contribution in [3.63, 3.8) is 0 Å². The van der Waals surface area contributed by atoms with Crippen LogP contribution in [0.4, 0.5) is 0 Å². The molecule has 0 aromatic heterocycles. The van der Waals surface area contributed by atoms with E-state index in [1.165, 1.54) is 0 Å². The van der Waals surface area contributed by atoms with Crippen LogP contribution < -0.4 is 27.4 Å². The van der Waals surface area contributed by atoms with E-state index < -0.39 is 66.2 Å². The summed E-state index contributed by atoms with van der Waals surface area (Å²) < 4.78 is 0. The van der Waals surface area contributed by atoms with Gasteiger partial charge < -0.3 is 37.6 Å². The lowest BCUT2D eigenvalue weighted by molar-refractivity contribution is -0.143. The molecule has 0 saturated carbocycles. The minimum absolute atomic E-state index is 0.0742. The Kier molecular flexibility index (Phi) is 13.1. The number of benzene rings is 1. The van der Waals surface area contributed by atoms with Gasteiger partial charge in [0, 0.05) is 6.42 Å². The fourth-order valence-corrected chi connectivity index (χ4v) is 3.42. The van der Waals surface area contributed by atoms with E-state index in [2.05, 4.69) is 16.0 Å². The van der Waals surface area contributed by atoms with Crippen molar-refractivity contribution < 1.29 is 34.2 Å². The molecule has 0 radical (unpaired) electrons. The molecule has 4 unspecified atom stereocenters. The molecule has 0 heterocycles. The first-order valence-corrected chi connectivity index (χ1v) is 11.8. The van der Waals surface area contributed by atoms with Gasteiger partial charge in [0.1, 0.15) is 18.1 Å². The molecular formula is C24H37N5O7. The van der Waals surface area contributed by atoms with Crippen molar-refractivity contribution in [1.29, 1.82) is 0 Å². The highest BCUT2D eigenvalue weighted by molar-refractivity contribution is 5.94. The van der Waals surface area contributed by atoms with Crippen LogP contribution in [0.3, 0.4) is 0 Å². The van der Waals surface area contributed by atoms with E-state index in [-0.39, 0.29) is 12.8 Å². The number of carbonyl (C=O) groups is 5. The van der Waals surface area contributed by atoms with Crippen LogP contribution in [-0.2, 0) is 30.4 Å². The van der Waals surface area contributed by atoms with Gasteiger partial charge in [0.05, 0.1) is 12.5 Å². The Morgan fingerprint density at radius 3 is 1.97 bits per heavy atom. The van der Waals surface area contributed by atoms with Crippen LogP contribution in [0.2, 0.25) is 0 Å². The molecule has 0 aliphatic carbocycles. The lowest BCUT2D eigenvalue weighted by atomic mass is 10.0. The minimum Gasteiger partial charge on any atom is -0.481 e. The number of hydrogen-bond donors (Lipinski definition) is 7. The summed E-state index contributed by atoms with van der Waals surface area (Å²) in [6.45, 7) is 3.66. The van der Waals surface area contributed by atoms with Crippen LogP contribution in [-0.4, -0.2) is 70.6 Å². The number of amides is 3.